The van der Waals surface area contributed by atoms with Crippen molar-refractivity contribution in [2.24, 2.45) is 0 Å². The van der Waals surface area contributed by atoms with E-state index in [1.165, 1.54) is 7.11 Å². The normalized spacial score (nSPS) is 13.5. The van der Waals surface area contributed by atoms with Crippen molar-refractivity contribution in [1.82, 2.24) is 0 Å². The molecule has 1 aromatic heterocycles. The van der Waals surface area contributed by atoms with Crippen LogP contribution in [0.15, 0.2) is 35.7 Å². The molecule has 0 aliphatic carbocycles. The third-order valence-electron chi connectivity index (χ3n) is 3.97. The van der Waals surface area contributed by atoms with Crippen molar-refractivity contribution >= 4 is 34.5 Å². The molecule has 5 nitrogen and oxygen atoms in total. The van der Waals surface area contributed by atoms with E-state index in [4.69, 9.17) is 4.74 Å². The quantitative estimate of drug-likeness (QED) is 0.907. The van der Waals surface area contributed by atoms with Gasteiger partial charge in [0.2, 0.25) is 5.91 Å². The lowest BCUT2D eigenvalue weighted by atomic mass is 10.0. The highest BCUT2D eigenvalue weighted by Crippen LogP contribution is 2.30. The molecule has 0 saturated carbocycles. The van der Waals surface area contributed by atoms with Gasteiger partial charge >= 0.3 is 0 Å². The Kier molecular flexibility index (Phi) is 5.27. The lowest BCUT2D eigenvalue weighted by Crippen LogP contribution is -2.37. The van der Waals surface area contributed by atoms with Gasteiger partial charge in [-0.2, -0.15) is 0 Å². The first-order valence-electron chi connectivity index (χ1n) is 7.92. The fourth-order valence-corrected chi connectivity index (χ4v) is 3.59. The van der Waals surface area contributed by atoms with Crippen molar-refractivity contribution in [2.75, 3.05) is 30.5 Å². The van der Waals surface area contributed by atoms with Gasteiger partial charge in [0.05, 0.1) is 6.42 Å². The van der Waals surface area contributed by atoms with E-state index in [0.717, 1.165) is 29.0 Å². The second-order valence-corrected chi connectivity index (χ2v) is 6.76. The molecule has 0 fully saturated rings. The molecule has 6 heteroatoms. The number of ether oxygens (including phenoxy) is 1. The maximum absolute atomic E-state index is 12.2. The number of amides is 2. The van der Waals surface area contributed by atoms with Gasteiger partial charge in [-0.1, -0.05) is 12.1 Å². The summed E-state index contributed by atoms with van der Waals surface area (Å²) in [6.45, 7) is 0.746. The Morgan fingerprint density at radius 2 is 2.21 bits per heavy atom. The minimum absolute atomic E-state index is 0.0528. The molecular formula is C18H20N2O3S. The fraction of sp³-hybridized carbons (Fsp3) is 0.333. The number of carbonyl (C=O) groups excluding carboxylic acids is 2. The van der Waals surface area contributed by atoms with Crippen molar-refractivity contribution in [1.29, 1.82) is 0 Å². The fourth-order valence-electron chi connectivity index (χ4n) is 2.89. The smallest absolute Gasteiger partial charge is 0.252 e. The van der Waals surface area contributed by atoms with Gasteiger partial charge < -0.3 is 15.0 Å². The lowest BCUT2D eigenvalue weighted by Gasteiger charge is -2.29. The summed E-state index contributed by atoms with van der Waals surface area (Å²) in [5, 5.41) is 4.88. The van der Waals surface area contributed by atoms with Crippen molar-refractivity contribution in [3.05, 3.63) is 46.2 Å². The molecule has 0 bridgehead atoms. The first-order chi connectivity index (χ1) is 11.7. The molecular weight excluding hydrogens is 324 g/mol. The first-order valence-corrected chi connectivity index (χ1v) is 8.80. The monoisotopic (exact) mass is 344 g/mol. The molecule has 3 rings (SSSR count). The van der Waals surface area contributed by atoms with Crippen LogP contribution < -0.4 is 10.2 Å². The zero-order valence-corrected chi connectivity index (χ0v) is 14.4. The Labute approximate surface area is 145 Å². The van der Waals surface area contributed by atoms with Gasteiger partial charge in [-0.15, -0.1) is 11.3 Å². The number of nitrogens with one attached hydrogen (secondary N) is 1. The average Bonchev–Trinajstić information content (AvgIpc) is 3.07. The molecule has 2 heterocycles. The van der Waals surface area contributed by atoms with Crippen LogP contribution in [0.1, 0.15) is 16.9 Å². The first kappa shape index (κ1) is 16.7. The van der Waals surface area contributed by atoms with Gasteiger partial charge in [-0.25, -0.2) is 0 Å². The Hall–Kier alpha value is -2.18. The molecule has 0 radical (unpaired) electrons. The van der Waals surface area contributed by atoms with Crippen LogP contribution in [0, 0.1) is 0 Å². The van der Waals surface area contributed by atoms with Crippen LogP contribution in [-0.4, -0.2) is 32.1 Å². The Balaban J connectivity index is 1.75. The lowest BCUT2D eigenvalue weighted by molar-refractivity contribution is -0.122. The number of nitrogens with zero attached hydrogens (tertiary/aromatic N) is 1. The summed E-state index contributed by atoms with van der Waals surface area (Å²) >= 11 is 1.57. The molecule has 1 aromatic carbocycles. The number of carbonyl (C=O) groups is 2. The number of thiophene rings is 1. The SMILES string of the molecule is COCC(=O)N1CCCc2ccc(NC(=O)Cc3cccs3)cc21. The number of benzene rings is 1. The summed E-state index contributed by atoms with van der Waals surface area (Å²) in [5.74, 6) is -0.108. The largest absolute Gasteiger partial charge is 0.375 e. The number of fused-ring (bicyclic) bond motifs is 1. The molecule has 0 unspecified atom stereocenters. The van der Waals surface area contributed by atoms with Crippen LogP contribution in [0.2, 0.25) is 0 Å². The zero-order chi connectivity index (χ0) is 16.9. The van der Waals surface area contributed by atoms with Crippen LogP contribution in [0.3, 0.4) is 0 Å². The molecule has 24 heavy (non-hydrogen) atoms. The van der Waals surface area contributed by atoms with Crippen LogP contribution in [0.4, 0.5) is 11.4 Å². The number of hydrogen-bond donors (Lipinski definition) is 1. The number of hydrogen-bond acceptors (Lipinski definition) is 4. The standard InChI is InChI=1S/C18H20N2O3S/c1-23-12-18(22)20-8-2-4-13-6-7-14(10-16(13)20)19-17(21)11-15-5-3-9-24-15/h3,5-7,9-10H,2,4,8,11-12H2,1H3,(H,19,21). The maximum Gasteiger partial charge on any atom is 0.252 e. The van der Waals surface area contributed by atoms with E-state index in [1.807, 2.05) is 35.7 Å². The Morgan fingerprint density at radius 1 is 1.33 bits per heavy atom. The van der Waals surface area contributed by atoms with Crippen LogP contribution in [0.25, 0.3) is 0 Å². The van der Waals surface area contributed by atoms with E-state index in [2.05, 4.69) is 5.32 Å². The van der Waals surface area contributed by atoms with Gasteiger partial charge in [0, 0.05) is 29.9 Å². The van der Waals surface area contributed by atoms with E-state index in [9.17, 15) is 9.59 Å². The average molecular weight is 344 g/mol. The highest BCUT2D eigenvalue weighted by molar-refractivity contribution is 7.10. The van der Waals surface area contributed by atoms with Gasteiger partial charge in [-0.05, 0) is 42.0 Å². The number of methoxy groups -OCH3 is 1. The van der Waals surface area contributed by atoms with Crippen LogP contribution in [-0.2, 0) is 27.2 Å². The second kappa shape index (κ2) is 7.59. The minimum atomic E-state index is -0.0551. The highest BCUT2D eigenvalue weighted by Gasteiger charge is 2.22. The summed E-state index contributed by atoms with van der Waals surface area (Å²) in [4.78, 5) is 27.2. The van der Waals surface area contributed by atoms with E-state index in [1.54, 1.807) is 16.2 Å². The third-order valence-corrected chi connectivity index (χ3v) is 4.85. The van der Waals surface area contributed by atoms with Gasteiger partial charge in [0.25, 0.3) is 5.91 Å². The van der Waals surface area contributed by atoms with Crippen molar-refractivity contribution < 1.29 is 14.3 Å². The van der Waals surface area contributed by atoms with E-state index >= 15 is 0 Å². The molecule has 1 aliphatic heterocycles. The Morgan fingerprint density at radius 3 is 2.96 bits per heavy atom. The molecule has 0 atom stereocenters. The summed E-state index contributed by atoms with van der Waals surface area (Å²) in [6, 6.07) is 9.65. The van der Waals surface area contributed by atoms with Gasteiger partial charge in [0.15, 0.2) is 0 Å². The van der Waals surface area contributed by atoms with Crippen molar-refractivity contribution in [3.8, 4) is 0 Å². The van der Waals surface area contributed by atoms with Crippen LogP contribution in [0.5, 0.6) is 0 Å². The van der Waals surface area contributed by atoms with Gasteiger partial charge in [-0.3, -0.25) is 9.59 Å². The Bertz CT molecular complexity index is 728. The highest BCUT2D eigenvalue weighted by atomic mass is 32.1. The molecule has 0 spiro atoms. The molecule has 2 amide bonds. The van der Waals surface area contributed by atoms with Crippen molar-refractivity contribution in [3.63, 3.8) is 0 Å². The molecule has 1 N–H and O–H groups in total. The summed E-state index contributed by atoms with van der Waals surface area (Å²) in [6.07, 6.45) is 2.24. The zero-order valence-electron chi connectivity index (χ0n) is 13.6. The van der Waals surface area contributed by atoms with E-state index in [0.29, 0.717) is 18.7 Å². The summed E-state index contributed by atoms with van der Waals surface area (Å²) < 4.78 is 4.97. The van der Waals surface area contributed by atoms with E-state index in [-0.39, 0.29) is 18.4 Å². The summed E-state index contributed by atoms with van der Waals surface area (Å²) in [7, 11) is 1.52. The maximum atomic E-state index is 12.2. The second-order valence-electron chi connectivity index (χ2n) is 5.73. The van der Waals surface area contributed by atoms with Crippen LogP contribution >= 0.6 is 11.3 Å². The topological polar surface area (TPSA) is 58.6 Å². The number of rotatable bonds is 5. The minimum Gasteiger partial charge on any atom is -0.375 e. The van der Waals surface area contributed by atoms with Crippen molar-refractivity contribution in [2.45, 2.75) is 19.3 Å². The molecule has 126 valence electrons. The molecule has 0 saturated heterocycles. The van der Waals surface area contributed by atoms with Gasteiger partial charge in [0.1, 0.15) is 6.61 Å². The number of aryl methyl sites for hydroxylation is 1. The predicted molar refractivity (Wildman–Crippen MR) is 95.6 cm³/mol. The van der Waals surface area contributed by atoms with E-state index < -0.39 is 0 Å². The molecule has 2 aromatic rings. The predicted octanol–water partition coefficient (Wildman–Crippen LogP) is 2.85. The molecule has 1 aliphatic rings. The number of anilines is 2. The summed E-state index contributed by atoms with van der Waals surface area (Å²) in [5.41, 5.74) is 2.71. The third kappa shape index (κ3) is 3.83.